The molecule has 4 nitrogen and oxygen atoms in total. The van der Waals surface area contributed by atoms with Gasteiger partial charge in [-0.3, -0.25) is 0 Å². The number of rotatable bonds is 6. The van der Waals surface area contributed by atoms with E-state index in [2.05, 4.69) is 27.6 Å². The molecular formula is C14H20N4S. The molecule has 2 rings (SSSR count). The van der Waals surface area contributed by atoms with Gasteiger partial charge in [0, 0.05) is 35.3 Å². The molecule has 0 amide bonds. The van der Waals surface area contributed by atoms with Crippen molar-refractivity contribution >= 4 is 17.2 Å². The third-order valence-corrected chi connectivity index (χ3v) is 3.92. The van der Waals surface area contributed by atoms with Crippen LogP contribution < -0.4 is 11.1 Å². The molecular weight excluding hydrogens is 256 g/mol. The van der Waals surface area contributed by atoms with Crippen LogP contribution in [0.1, 0.15) is 35.7 Å². The quantitative estimate of drug-likeness (QED) is 0.851. The van der Waals surface area contributed by atoms with Crippen LogP contribution in [0.15, 0.2) is 23.7 Å². The Balaban J connectivity index is 2.18. The number of pyridine rings is 1. The van der Waals surface area contributed by atoms with Crippen molar-refractivity contribution in [1.82, 2.24) is 15.3 Å². The molecule has 0 bridgehead atoms. The summed E-state index contributed by atoms with van der Waals surface area (Å²) in [6.07, 6.45) is 3.67. The summed E-state index contributed by atoms with van der Waals surface area (Å²) in [4.78, 5) is 8.71. The molecule has 5 heteroatoms. The van der Waals surface area contributed by atoms with Gasteiger partial charge in [0.25, 0.3) is 0 Å². The minimum Gasteiger partial charge on any atom is -0.383 e. The molecule has 0 aromatic carbocycles. The predicted octanol–water partition coefficient (Wildman–Crippen LogP) is 2.71. The van der Waals surface area contributed by atoms with Crippen LogP contribution in [0.5, 0.6) is 0 Å². The maximum Gasteiger partial charge on any atom is 0.128 e. The van der Waals surface area contributed by atoms with Crippen LogP contribution >= 0.6 is 11.3 Å². The first-order valence-electron chi connectivity index (χ1n) is 6.55. The van der Waals surface area contributed by atoms with Crippen LogP contribution in [0, 0.1) is 6.92 Å². The predicted molar refractivity (Wildman–Crippen MR) is 80.2 cm³/mol. The van der Waals surface area contributed by atoms with Gasteiger partial charge in [-0.1, -0.05) is 13.0 Å². The summed E-state index contributed by atoms with van der Waals surface area (Å²) in [7, 11) is 0. The highest BCUT2D eigenvalue weighted by molar-refractivity contribution is 7.09. The molecule has 0 aliphatic carbocycles. The zero-order valence-electron chi connectivity index (χ0n) is 11.4. The van der Waals surface area contributed by atoms with Gasteiger partial charge in [-0.25, -0.2) is 9.97 Å². The summed E-state index contributed by atoms with van der Waals surface area (Å²) in [6.45, 7) is 5.14. The SMILES string of the molecule is CCCNC(Cc1nc(C)cs1)c1cccnc1N. The van der Waals surface area contributed by atoms with Crippen LogP contribution in [-0.4, -0.2) is 16.5 Å². The van der Waals surface area contributed by atoms with E-state index < -0.39 is 0 Å². The number of nitrogens with two attached hydrogens (primary N) is 1. The Bertz CT molecular complexity index is 524. The minimum absolute atomic E-state index is 0.180. The van der Waals surface area contributed by atoms with E-state index >= 15 is 0 Å². The monoisotopic (exact) mass is 276 g/mol. The molecule has 0 radical (unpaired) electrons. The maximum absolute atomic E-state index is 5.98. The molecule has 3 N–H and O–H groups in total. The van der Waals surface area contributed by atoms with Gasteiger partial charge in [0.05, 0.1) is 5.01 Å². The average Bonchev–Trinajstić information content (AvgIpc) is 2.81. The number of nitrogens with zero attached hydrogens (tertiary/aromatic N) is 2. The molecule has 0 aliphatic rings. The van der Waals surface area contributed by atoms with Gasteiger partial charge in [-0.15, -0.1) is 11.3 Å². The molecule has 0 saturated heterocycles. The van der Waals surface area contributed by atoms with Crippen LogP contribution in [0.25, 0.3) is 0 Å². The van der Waals surface area contributed by atoms with Gasteiger partial charge in [0.2, 0.25) is 0 Å². The fourth-order valence-electron chi connectivity index (χ4n) is 2.01. The fraction of sp³-hybridized carbons (Fsp3) is 0.429. The van der Waals surface area contributed by atoms with E-state index in [1.54, 1.807) is 17.5 Å². The van der Waals surface area contributed by atoms with Crippen molar-refractivity contribution in [3.8, 4) is 0 Å². The van der Waals surface area contributed by atoms with Gasteiger partial charge in [-0.05, 0) is 26.0 Å². The van der Waals surface area contributed by atoms with E-state index in [1.165, 1.54) is 0 Å². The van der Waals surface area contributed by atoms with Crippen molar-refractivity contribution in [3.63, 3.8) is 0 Å². The number of hydrogen-bond acceptors (Lipinski definition) is 5. The van der Waals surface area contributed by atoms with Crippen LogP contribution in [0.2, 0.25) is 0 Å². The van der Waals surface area contributed by atoms with Gasteiger partial charge in [0.15, 0.2) is 0 Å². The third kappa shape index (κ3) is 3.75. The zero-order valence-corrected chi connectivity index (χ0v) is 12.2. The number of hydrogen-bond donors (Lipinski definition) is 2. The lowest BCUT2D eigenvalue weighted by molar-refractivity contribution is 0.528. The average molecular weight is 276 g/mol. The van der Waals surface area contributed by atoms with Gasteiger partial charge >= 0.3 is 0 Å². The Morgan fingerprint density at radius 1 is 1.47 bits per heavy atom. The third-order valence-electron chi connectivity index (χ3n) is 2.93. The van der Waals surface area contributed by atoms with Gasteiger partial charge < -0.3 is 11.1 Å². The van der Waals surface area contributed by atoms with E-state index in [0.717, 1.165) is 35.7 Å². The molecule has 0 aliphatic heterocycles. The molecule has 1 unspecified atom stereocenters. The number of nitrogen functional groups attached to an aromatic ring is 1. The topological polar surface area (TPSA) is 63.8 Å². The highest BCUT2D eigenvalue weighted by atomic mass is 32.1. The number of nitrogens with one attached hydrogen (secondary N) is 1. The van der Waals surface area contributed by atoms with Crippen LogP contribution in [0.3, 0.4) is 0 Å². The first-order chi connectivity index (χ1) is 9.20. The van der Waals surface area contributed by atoms with Crippen molar-refractivity contribution in [2.45, 2.75) is 32.7 Å². The van der Waals surface area contributed by atoms with Crippen LogP contribution in [0.4, 0.5) is 5.82 Å². The molecule has 0 fully saturated rings. The van der Waals surface area contributed by atoms with E-state index in [-0.39, 0.29) is 6.04 Å². The molecule has 0 spiro atoms. The van der Waals surface area contributed by atoms with Crippen molar-refractivity contribution in [2.75, 3.05) is 12.3 Å². The normalized spacial score (nSPS) is 12.5. The fourth-order valence-corrected chi connectivity index (χ4v) is 2.83. The second-order valence-electron chi connectivity index (χ2n) is 4.57. The second-order valence-corrected chi connectivity index (χ2v) is 5.51. The van der Waals surface area contributed by atoms with Crippen molar-refractivity contribution in [2.24, 2.45) is 0 Å². The molecule has 1 atom stereocenters. The second kappa shape index (κ2) is 6.63. The molecule has 2 heterocycles. The lowest BCUT2D eigenvalue weighted by Gasteiger charge is -2.19. The smallest absolute Gasteiger partial charge is 0.128 e. The Morgan fingerprint density at radius 3 is 2.95 bits per heavy atom. The Hall–Kier alpha value is -1.46. The molecule has 0 saturated carbocycles. The summed E-state index contributed by atoms with van der Waals surface area (Å²) in [5.41, 5.74) is 8.12. The van der Waals surface area contributed by atoms with E-state index in [9.17, 15) is 0 Å². The maximum atomic E-state index is 5.98. The van der Waals surface area contributed by atoms with Crippen molar-refractivity contribution < 1.29 is 0 Å². The molecule has 2 aromatic rings. The summed E-state index contributed by atoms with van der Waals surface area (Å²) in [6, 6.07) is 4.15. The lowest BCUT2D eigenvalue weighted by atomic mass is 10.0. The van der Waals surface area contributed by atoms with Crippen molar-refractivity contribution in [1.29, 1.82) is 0 Å². The van der Waals surface area contributed by atoms with Gasteiger partial charge in [-0.2, -0.15) is 0 Å². The van der Waals surface area contributed by atoms with Crippen molar-refractivity contribution in [3.05, 3.63) is 40.0 Å². The number of anilines is 1. The Morgan fingerprint density at radius 2 is 2.32 bits per heavy atom. The number of aromatic nitrogens is 2. The first kappa shape index (κ1) is 14.0. The van der Waals surface area contributed by atoms with E-state index in [4.69, 9.17) is 5.73 Å². The summed E-state index contributed by atoms with van der Waals surface area (Å²) >= 11 is 1.70. The Kier molecular flexibility index (Phi) is 4.87. The zero-order chi connectivity index (χ0) is 13.7. The highest BCUT2D eigenvalue weighted by Gasteiger charge is 2.16. The summed E-state index contributed by atoms with van der Waals surface area (Å²) in [5, 5.41) is 6.75. The minimum atomic E-state index is 0.180. The van der Waals surface area contributed by atoms with E-state index in [0.29, 0.717) is 5.82 Å². The summed E-state index contributed by atoms with van der Waals surface area (Å²) in [5.74, 6) is 0.601. The van der Waals surface area contributed by atoms with Gasteiger partial charge in [0.1, 0.15) is 5.82 Å². The molecule has 2 aromatic heterocycles. The largest absolute Gasteiger partial charge is 0.383 e. The molecule has 19 heavy (non-hydrogen) atoms. The Labute approximate surface area is 118 Å². The van der Waals surface area contributed by atoms with E-state index in [1.807, 2.05) is 19.1 Å². The summed E-state index contributed by atoms with van der Waals surface area (Å²) < 4.78 is 0. The lowest BCUT2D eigenvalue weighted by Crippen LogP contribution is -2.25. The molecule has 102 valence electrons. The number of thiazole rings is 1. The highest BCUT2D eigenvalue weighted by Crippen LogP contribution is 2.23. The first-order valence-corrected chi connectivity index (χ1v) is 7.43. The standard InChI is InChI=1S/C14H20N4S/c1-3-6-16-12(8-13-18-10(2)9-19-13)11-5-4-7-17-14(11)15/h4-5,7,9,12,16H,3,6,8H2,1-2H3,(H2,15,17). The van der Waals surface area contributed by atoms with Crippen LogP contribution in [-0.2, 0) is 6.42 Å². The number of aryl methyl sites for hydroxylation is 1.